The van der Waals surface area contributed by atoms with E-state index in [4.69, 9.17) is 0 Å². The summed E-state index contributed by atoms with van der Waals surface area (Å²) in [7, 11) is 0. The molecule has 1 fully saturated rings. The quantitative estimate of drug-likeness (QED) is 0.504. The highest BCUT2D eigenvalue weighted by Crippen LogP contribution is 2.02. The number of hydrogen-bond acceptors (Lipinski definition) is 3. The van der Waals surface area contributed by atoms with Crippen LogP contribution in [0, 0.1) is 0 Å². The molecule has 0 saturated carbocycles. The number of unbranched alkanes of at least 4 members (excludes halogenated alkanes) is 3. The van der Waals surface area contributed by atoms with Gasteiger partial charge in [-0.25, -0.2) is 0 Å². The van der Waals surface area contributed by atoms with Gasteiger partial charge in [0.2, 0.25) is 5.91 Å². The van der Waals surface area contributed by atoms with Crippen molar-refractivity contribution >= 4 is 5.91 Å². The summed E-state index contributed by atoms with van der Waals surface area (Å²) in [6, 6.07) is 0. The fraction of sp³-hybridized carbons (Fsp3) is 0.786. The third kappa shape index (κ3) is 6.77. The second kappa shape index (κ2) is 9.11. The molecule has 18 heavy (non-hydrogen) atoms. The summed E-state index contributed by atoms with van der Waals surface area (Å²) in [5, 5.41) is 6.23. The predicted octanol–water partition coefficient (Wildman–Crippen LogP) is 1.14. The van der Waals surface area contributed by atoms with E-state index in [9.17, 15) is 4.79 Å². The Morgan fingerprint density at radius 1 is 1.22 bits per heavy atom. The molecular weight excluding hydrogens is 226 g/mol. The van der Waals surface area contributed by atoms with Gasteiger partial charge >= 0.3 is 0 Å². The number of piperazine rings is 1. The monoisotopic (exact) mass is 253 g/mol. The van der Waals surface area contributed by atoms with Crippen molar-refractivity contribution in [3.05, 3.63) is 12.2 Å². The van der Waals surface area contributed by atoms with E-state index in [2.05, 4.69) is 22.1 Å². The Morgan fingerprint density at radius 2 is 1.89 bits per heavy atom. The first kappa shape index (κ1) is 15.2. The van der Waals surface area contributed by atoms with Crippen molar-refractivity contribution in [3.63, 3.8) is 0 Å². The maximum Gasteiger partial charge on any atom is 0.246 e. The van der Waals surface area contributed by atoms with E-state index < -0.39 is 0 Å². The second-order valence-electron chi connectivity index (χ2n) is 5.04. The van der Waals surface area contributed by atoms with E-state index in [1.807, 2.05) is 0 Å². The first-order valence-corrected chi connectivity index (χ1v) is 7.07. The zero-order valence-corrected chi connectivity index (χ0v) is 11.6. The highest BCUT2D eigenvalue weighted by atomic mass is 16.1. The van der Waals surface area contributed by atoms with Gasteiger partial charge < -0.3 is 15.5 Å². The average molecular weight is 253 g/mol. The summed E-state index contributed by atoms with van der Waals surface area (Å²) < 4.78 is 0. The molecule has 0 atom stereocenters. The molecule has 0 aromatic rings. The van der Waals surface area contributed by atoms with Crippen molar-refractivity contribution in [3.8, 4) is 0 Å². The summed E-state index contributed by atoms with van der Waals surface area (Å²) in [4.78, 5) is 13.7. The van der Waals surface area contributed by atoms with Crippen LogP contribution in [0.4, 0.5) is 0 Å². The Hall–Kier alpha value is -0.870. The van der Waals surface area contributed by atoms with E-state index >= 15 is 0 Å². The summed E-state index contributed by atoms with van der Waals surface area (Å²) in [6.07, 6.45) is 4.80. The zero-order valence-electron chi connectivity index (χ0n) is 11.6. The highest BCUT2D eigenvalue weighted by Gasteiger charge is 2.07. The van der Waals surface area contributed by atoms with Crippen molar-refractivity contribution in [1.82, 2.24) is 15.5 Å². The molecule has 1 aliphatic rings. The third-order valence-corrected chi connectivity index (χ3v) is 3.28. The molecule has 0 spiro atoms. The predicted molar refractivity (Wildman–Crippen MR) is 75.6 cm³/mol. The number of carbonyl (C=O) groups is 1. The van der Waals surface area contributed by atoms with Gasteiger partial charge in [0.05, 0.1) is 0 Å². The lowest BCUT2D eigenvalue weighted by Crippen LogP contribution is -2.43. The van der Waals surface area contributed by atoms with E-state index in [0.29, 0.717) is 5.57 Å². The number of carbonyl (C=O) groups excluding carboxylic acids is 1. The molecule has 0 aromatic heterocycles. The molecule has 0 aromatic carbocycles. The van der Waals surface area contributed by atoms with Crippen LogP contribution in [0.3, 0.4) is 0 Å². The van der Waals surface area contributed by atoms with E-state index in [1.165, 1.54) is 38.9 Å². The minimum absolute atomic E-state index is 0.0178. The van der Waals surface area contributed by atoms with Crippen LogP contribution in [0.25, 0.3) is 0 Å². The third-order valence-electron chi connectivity index (χ3n) is 3.28. The average Bonchev–Trinajstić information content (AvgIpc) is 2.38. The van der Waals surface area contributed by atoms with Crippen molar-refractivity contribution in [2.45, 2.75) is 32.6 Å². The molecule has 0 bridgehead atoms. The van der Waals surface area contributed by atoms with Crippen molar-refractivity contribution in [2.75, 3.05) is 39.3 Å². The van der Waals surface area contributed by atoms with Crippen LogP contribution >= 0.6 is 0 Å². The minimum Gasteiger partial charge on any atom is -0.352 e. The maximum atomic E-state index is 11.2. The van der Waals surface area contributed by atoms with Gasteiger partial charge in [0, 0.05) is 38.3 Å². The summed E-state index contributed by atoms with van der Waals surface area (Å²) >= 11 is 0. The molecule has 1 amide bonds. The van der Waals surface area contributed by atoms with Gasteiger partial charge in [0.1, 0.15) is 0 Å². The molecular formula is C14H27N3O. The summed E-state index contributed by atoms with van der Waals surface area (Å²) in [5.74, 6) is -0.0178. The molecule has 0 aliphatic carbocycles. The van der Waals surface area contributed by atoms with Crippen LogP contribution in [-0.4, -0.2) is 50.1 Å². The number of rotatable bonds is 8. The second-order valence-corrected chi connectivity index (χ2v) is 5.04. The van der Waals surface area contributed by atoms with Gasteiger partial charge in [-0.1, -0.05) is 19.4 Å². The number of nitrogens with one attached hydrogen (secondary N) is 2. The van der Waals surface area contributed by atoms with Gasteiger partial charge in [0.15, 0.2) is 0 Å². The molecule has 2 N–H and O–H groups in total. The summed E-state index contributed by atoms with van der Waals surface area (Å²) in [6.45, 7) is 12.0. The summed E-state index contributed by atoms with van der Waals surface area (Å²) in [5.41, 5.74) is 0.591. The Bertz CT molecular complexity index is 260. The molecule has 1 heterocycles. The molecule has 104 valence electrons. The topological polar surface area (TPSA) is 44.4 Å². The largest absolute Gasteiger partial charge is 0.352 e. The number of amides is 1. The molecule has 0 radical (unpaired) electrons. The molecule has 1 aliphatic heterocycles. The van der Waals surface area contributed by atoms with Crippen molar-refractivity contribution in [2.24, 2.45) is 0 Å². The van der Waals surface area contributed by atoms with Gasteiger partial charge in [-0.15, -0.1) is 0 Å². The molecule has 4 nitrogen and oxygen atoms in total. The van der Waals surface area contributed by atoms with Crippen LogP contribution in [0.1, 0.15) is 32.6 Å². The Morgan fingerprint density at radius 3 is 2.56 bits per heavy atom. The normalized spacial score (nSPS) is 16.5. The van der Waals surface area contributed by atoms with Crippen LogP contribution in [-0.2, 0) is 4.79 Å². The molecule has 0 unspecified atom stereocenters. The fourth-order valence-corrected chi connectivity index (χ4v) is 2.10. The Kier molecular flexibility index (Phi) is 7.69. The number of nitrogens with zero attached hydrogens (tertiary/aromatic N) is 1. The fourth-order valence-electron chi connectivity index (χ4n) is 2.10. The Balaban J connectivity index is 1.86. The molecule has 1 rings (SSSR count). The SMILES string of the molecule is C=C(C)C(=O)NCCCCCCN1CCNCC1. The van der Waals surface area contributed by atoms with Crippen LogP contribution in [0.5, 0.6) is 0 Å². The van der Waals surface area contributed by atoms with Gasteiger partial charge in [-0.3, -0.25) is 4.79 Å². The molecule has 4 heteroatoms. The van der Waals surface area contributed by atoms with Gasteiger partial charge in [-0.05, 0) is 26.3 Å². The van der Waals surface area contributed by atoms with Gasteiger partial charge in [0.25, 0.3) is 0 Å². The smallest absolute Gasteiger partial charge is 0.246 e. The lowest BCUT2D eigenvalue weighted by molar-refractivity contribution is -0.117. The zero-order chi connectivity index (χ0) is 13.2. The highest BCUT2D eigenvalue weighted by molar-refractivity contribution is 5.91. The van der Waals surface area contributed by atoms with Crippen LogP contribution in [0.2, 0.25) is 0 Å². The van der Waals surface area contributed by atoms with E-state index in [0.717, 1.165) is 26.1 Å². The standard InChI is InChI=1S/C14H27N3O/c1-13(2)14(18)16-7-5-3-4-6-10-17-11-8-15-9-12-17/h15H,1,3-12H2,2H3,(H,16,18). The van der Waals surface area contributed by atoms with Gasteiger partial charge in [-0.2, -0.15) is 0 Å². The van der Waals surface area contributed by atoms with Crippen molar-refractivity contribution < 1.29 is 4.79 Å². The maximum absolute atomic E-state index is 11.2. The lowest BCUT2D eigenvalue weighted by atomic mass is 10.2. The first-order valence-electron chi connectivity index (χ1n) is 7.07. The number of hydrogen-bond donors (Lipinski definition) is 2. The van der Waals surface area contributed by atoms with Crippen LogP contribution in [0.15, 0.2) is 12.2 Å². The van der Waals surface area contributed by atoms with E-state index in [1.54, 1.807) is 6.92 Å². The van der Waals surface area contributed by atoms with E-state index in [-0.39, 0.29) is 5.91 Å². The minimum atomic E-state index is -0.0178. The van der Waals surface area contributed by atoms with Crippen LogP contribution < -0.4 is 10.6 Å². The molecule has 1 saturated heterocycles. The first-order chi connectivity index (χ1) is 8.70. The Labute approximate surface area is 111 Å². The van der Waals surface area contributed by atoms with Crippen molar-refractivity contribution in [1.29, 1.82) is 0 Å². The lowest BCUT2D eigenvalue weighted by Gasteiger charge is -2.27.